The number of aromatic nitrogens is 2. The van der Waals surface area contributed by atoms with Crippen molar-refractivity contribution in [2.75, 3.05) is 18.0 Å². The van der Waals surface area contributed by atoms with Crippen LogP contribution in [-0.4, -0.2) is 34.1 Å². The van der Waals surface area contributed by atoms with Gasteiger partial charge in [-0.05, 0) is 11.8 Å². The second-order valence-corrected chi connectivity index (χ2v) is 5.71. The van der Waals surface area contributed by atoms with Gasteiger partial charge < -0.3 is 10.0 Å². The zero-order valence-corrected chi connectivity index (χ0v) is 11.6. The Bertz CT molecular complexity index is 518. The first-order valence-electron chi connectivity index (χ1n) is 6.38. The summed E-state index contributed by atoms with van der Waals surface area (Å²) in [6.45, 7) is 8.05. The predicted molar refractivity (Wildman–Crippen MR) is 73.4 cm³/mol. The maximum atomic E-state index is 11.1. The molecule has 0 atom stereocenters. The fraction of sp³-hybridized carbons (Fsp3) is 0.500. The van der Waals surface area contributed by atoms with Crippen molar-refractivity contribution < 1.29 is 9.90 Å². The number of carbonyl (C=O) groups is 1. The Morgan fingerprint density at radius 1 is 1.32 bits per heavy atom. The van der Waals surface area contributed by atoms with Crippen LogP contribution in [0.4, 0.5) is 5.82 Å². The molecule has 2 heterocycles. The number of carboxylic acid groups (broad SMARTS) is 1. The Hall–Kier alpha value is -1.91. The van der Waals surface area contributed by atoms with Gasteiger partial charge in [-0.3, -0.25) is 0 Å². The number of nitrogens with zero attached hydrogens (tertiary/aromatic N) is 3. The summed E-state index contributed by atoms with van der Waals surface area (Å²) in [6, 6.07) is 0. The highest BCUT2D eigenvalue weighted by atomic mass is 16.4. The summed E-state index contributed by atoms with van der Waals surface area (Å²) in [6.07, 6.45) is 6.04. The molecule has 0 amide bonds. The minimum absolute atomic E-state index is 0.0232. The summed E-state index contributed by atoms with van der Waals surface area (Å²) < 4.78 is 0. The second-order valence-electron chi connectivity index (χ2n) is 5.71. The molecule has 0 spiro atoms. The third-order valence-electron chi connectivity index (χ3n) is 3.35. The molecule has 0 aromatic carbocycles. The minimum Gasteiger partial charge on any atom is -0.476 e. The second kappa shape index (κ2) is 4.99. The largest absolute Gasteiger partial charge is 0.476 e. The first-order chi connectivity index (χ1) is 8.89. The number of rotatable bonds is 2. The minimum atomic E-state index is -1.03. The lowest BCUT2D eigenvalue weighted by atomic mass is 9.83. The summed E-state index contributed by atoms with van der Waals surface area (Å²) >= 11 is 0. The van der Waals surface area contributed by atoms with E-state index in [1.165, 1.54) is 18.0 Å². The molecular formula is C14H19N3O2. The van der Waals surface area contributed by atoms with Gasteiger partial charge in [0.25, 0.3) is 0 Å². The molecule has 0 saturated heterocycles. The third-order valence-corrected chi connectivity index (χ3v) is 3.35. The SMILES string of the molecule is CC(C)(C)C1=CCN(c2nccnc2C(=O)O)CC1. The molecule has 0 fully saturated rings. The third kappa shape index (κ3) is 2.92. The first kappa shape index (κ1) is 13.5. The summed E-state index contributed by atoms with van der Waals surface area (Å²) in [5, 5.41) is 9.13. The van der Waals surface area contributed by atoms with Crippen molar-refractivity contribution in [3.05, 3.63) is 29.7 Å². The van der Waals surface area contributed by atoms with Crippen molar-refractivity contribution in [2.45, 2.75) is 27.2 Å². The quantitative estimate of drug-likeness (QED) is 0.828. The lowest BCUT2D eigenvalue weighted by molar-refractivity contribution is 0.0690. The highest BCUT2D eigenvalue weighted by Crippen LogP contribution is 2.31. The molecule has 1 aromatic rings. The summed E-state index contributed by atoms with van der Waals surface area (Å²) in [5.41, 5.74) is 1.60. The first-order valence-corrected chi connectivity index (χ1v) is 6.38. The van der Waals surface area contributed by atoms with Gasteiger partial charge in [0.05, 0.1) is 0 Å². The summed E-state index contributed by atoms with van der Waals surface area (Å²) in [7, 11) is 0. The molecule has 19 heavy (non-hydrogen) atoms. The van der Waals surface area contributed by atoms with Crippen LogP contribution in [0.25, 0.3) is 0 Å². The zero-order chi connectivity index (χ0) is 14.0. The molecule has 1 aromatic heterocycles. The Morgan fingerprint density at radius 3 is 2.53 bits per heavy atom. The molecule has 0 radical (unpaired) electrons. The van der Waals surface area contributed by atoms with E-state index >= 15 is 0 Å². The molecule has 0 bridgehead atoms. The average Bonchev–Trinajstić information content (AvgIpc) is 2.38. The van der Waals surface area contributed by atoms with Crippen LogP contribution in [0.3, 0.4) is 0 Å². The average molecular weight is 261 g/mol. The smallest absolute Gasteiger partial charge is 0.358 e. The number of carboxylic acids is 1. The van der Waals surface area contributed by atoms with Crippen molar-refractivity contribution in [1.82, 2.24) is 9.97 Å². The van der Waals surface area contributed by atoms with Crippen molar-refractivity contribution >= 4 is 11.8 Å². The molecule has 1 N–H and O–H groups in total. The van der Waals surface area contributed by atoms with Gasteiger partial charge in [-0.25, -0.2) is 14.8 Å². The summed E-state index contributed by atoms with van der Waals surface area (Å²) in [4.78, 5) is 21.2. The number of hydrogen-bond donors (Lipinski definition) is 1. The number of anilines is 1. The lowest BCUT2D eigenvalue weighted by Crippen LogP contribution is -2.33. The van der Waals surface area contributed by atoms with Crippen LogP contribution in [0, 0.1) is 5.41 Å². The molecule has 5 nitrogen and oxygen atoms in total. The molecule has 0 unspecified atom stereocenters. The van der Waals surface area contributed by atoms with Crippen molar-refractivity contribution in [1.29, 1.82) is 0 Å². The van der Waals surface area contributed by atoms with E-state index in [0.29, 0.717) is 12.4 Å². The van der Waals surface area contributed by atoms with E-state index in [1.54, 1.807) is 0 Å². The molecule has 5 heteroatoms. The van der Waals surface area contributed by atoms with Crippen LogP contribution in [0.15, 0.2) is 24.0 Å². The molecule has 102 valence electrons. The van der Waals surface area contributed by atoms with Gasteiger partial charge in [-0.15, -0.1) is 0 Å². The van der Waals surface area contributed by atoms with E-state index in [1.807, 2.05) is 4.90 Å². The van der Waals surface area contributed by atoms with E-state index in [9.17, 15) is 4.79 Å². The maximum Gasteiger partial charge on any atom is 0.358 e. The molecule has 1 aliphatic heterocycles. The van der Waals surface area contributed by atoms with Gasteiger partial charge in [-0.2, -0.15) is 0 Å². The van der Waals surface area contributed by atoms with Gasteiger partial charge in [0.2, 0.25) is 0 Å². The number of aromatic carboxylic acids is 1. The fourth-order valence-corrected chi connectivity index (χ4v) is 2.26. The van der Waals surface area contributed by atoms with Crippen molar-refractivity contribution in [2.24, 2.45) is 5.41 Å². The van der Waals surface area contributed by atoms with E-state index < -0.39 is 5.97 Å². The van der Waals surface area contributed by atoms with Crippen LogP contribution in [-0.2, 0) is 0 Å². The Balaban J connectivity index is 2.23. The molecule has 0 saturated carbocycles. The normalized spacial score (nSPS) is 16.2. The Kier molecular flexibility index (Phi) is 3.55. The van der Waals surface area contributed by atoms with E-state index in [-0.39, 0.29) is 11.1 Å². The summed E-state index contributed by atoms with van der Waals surface area (Å²) in [5.74, 6) is -0.576. The van der Waals surface area contributed by atoms with Crippen LogP contribution >= 0.6 is 0 Å². The number of hydrogen-bond acceptors (Lipinski definition) is 4. The molecular weight excluding hydrogens is 242 g/mol. The topological polar surface area (TPSA) is 66.3 Å². The van der Waals surface area contributed by atoms with Crippen LogP contribution < -0.4 is 4.90 Å². The Morgan fingerprint density at radius 2 is 2.00 bits per heavy atom. The Labute approximate surface area is 113 Å². The maximum absolute atomic E-state index is 11.1. The molecule has 0 aliphatic carbocycles. The van der Waals surface area contributed by atoms with E-state index in [4.69, 9.17) is 5.11 Å². The standard InChI is InChI=1S/C14H19N3O2/c1-14(2,3)10-4-8-17(9-5-10)12-11(13(18)19)15-6-7-16-12/h4,6-7H,5,8-9H2,1-3H3,(H,18,19). The predicted octanol–water partition coefficient (Wildman–Crippen LogP) is 2.36. The van der Waals surface area contributed by atoms with Gasteiger partial charge in [-0.1, -0.05) is 32.4 Å². The van der Waals surface area contributed by atoms with Crippen molar-refractivity contribution in [3.8, 4) is 0 Å². The highest BCUT2D eigenvalue weighted by Gasteiger charge is 2.24. The monoisotopic (exact) mass is 261 g/mol. The fourth-order valence-electron chi connectivity index (χ4n) is 2.26. The molecule has 2 rings (SSSR count). The van der Waals surface area contributed by atoms with Crippen LogP contribution in [0.1, 0.15) is 37.7 Å². The van der Waals surface area contributed by atoms with E-state index in [2.05, 4.69) is 36.8 Å². The lowest BCUT2D eigenvalue weighted by Gasteiger charge is -2.33. The van der Waals surface area contributed by atoms with E-state index in [0.717, 1.165) is 13.0 Å². The van der Waals surface area contributed by atoms with Gasteiger partial charge in [0.1, 0.15) is 0 Å². The zero-order valence-electron chi connectivity index (χ0n) is 11.6. The van der Waals surface area contributed by atoms with Gasteiger partial charge in [0, 0.05) is 25.5 Å². The van der Waals surface area contributed by atoms with Gasteiger partial charge in [0.15, 0.2) is 11.5 Å². The van der Waals surface area contributed by atoms with Crippen molar-refractivity contribution in [3.63, 3.8) is 0 Å². The molecule has 1 aliphatic rings. The van der Waals surface area contributed by atoms with Crippen LogP contribution in [0.5, 0.6) is 0 Å². The van der Waals surface area contributed by atoms with Crippen LogP contribution in [0.2, 0.25) is 0 Å². The van der Waals surface area contributed by atoms with Gasteiger partial charge >= 0.3 is 5.97 Å². The highest BCUT2D eigenvalue weighted by molar-refractivity contribution is 5.91.